The number of esters is 1. The minimum Gasteiger partial charge on any atom is -0.452 e. The van der Waals surface area contributed by atoms with E-state index in [1.165, 1.54) is 28.6 Å². The summed E-state index contributed by atoms with van der Waals surface area (Å²) in [6, 6.07) is 7.31. The molecule has 1 saturated heterocycles. The van der Waals surface area contributed by atoms with Gasteiger partial charge in [-0.15, -0.1) is 0 Å². The quantitative estimate of drug-likeness (QED) is 0.644. The molecule has 2 aromatic carbocycles. The van der Waals surface area contributed by atoms with Crippen molar-refractivity contribution in [1.29, 1.82) is 0 Å². The molecule has 1 amide bonds. The number of carbonyl (C=O) groups is 2. The van der Waals surface area contributed by atoms with E-state index in [1.807, 2.05) is 0 Å². The summed E-state index contributed by atoms with van der Waals surface area (Å²) in [6.45, 7) is 0.0583. The minimum absolute atomic E-state index is 0.0207. The highest BCUT2D eigenvalue weighted by Gasteiger charge is 2.30. The Morgan fingerprint density at radius 2 is 1.80 bits per heavy atom. The number of anilines is 1. The Hall–Kier alpha value is -2.20. The highest BCUT2D eigenvalue weighted by molar-refractivity contribution is 7.89. The molecule has 1 heterocycles. The fourth-order valence-corrected chi connectivity index (χ4v) is 5.08. The maximum Gasteiger partial charge on any atom is 0.338 e. The Morgan fingerprint density at radius 1 is 1.10 bits per heavy atom. The summed E-state index contributed by atoms with van der Waals surface area (Å²) < 4.78 is 45.3. The average molecular weight is 475 g/mol. The van der Waals surface area contributed by atoms with Crippen molar-refractivity contribution in [3.8, 4) is 0 Å². The molecular formula is C19H17Cl2FN2O5S. The molecule has 0 unspecified atom stereocenters. The summed E-state index contributed by atoms with van der Waals surface area (Å²) in [5, 5.41) is 2.44. The molecule has 0 atom stereocenters. The lowest BCUT2D eigenvalue weighted by Gasteiger charge is -2.17. The molecule has 0 aliphatic carbocycles. The highest BCUT2D eigenvalue weighted by Crippen LogP contribution is 2.28. The normalized spacial score (nSPS) is 14.5. The largest absolute Gasteiger partial charge is 0.452 e. The summed E-state index contributed by atoms with van der Waals surface area (Å²) in [4.78, 5) is 24.0. The van der Waals surface area contributed by atoms with Gasteiger partial charge >= 0.3 is 5.97 Å². The van der Waals surface area contributed by atoms with Crippen LogP contribution in [0.15, 0.2) is 41.3 Å². The molecule has 1 aliphatic heterocycles. The zero-order valence-corrected chi connectivity index (χ0v) is 17.9. The van der Waals surface area contributed by atoms with E-state index in [4.69, 9.17) is 27.9 Å². The molecule has 1 fully saturated rings. The van der Waals surface area contributed by atoms with Crippen molar-refractivity contribution >= 4 is 50.8 Å². The van der Waals surface area contributed by atoms with Crippen LogP contribution in [0.2, 0.25) is 10.0 Å². The fourth-order valence-electron chi connectivity index (χ4n) is 2.89. The van der Waals surface area contributed by atoms with Crippen molar-refractivity contribution in [3.63, 3.8) is 0 Å². The molecule has 2 aromatic rings. The number of amides is 1. The topological polar surface area (TPSA) is 92.8 Å². The van der Waals surface area contributed by atoms with Crippen molar-refractivity contribution in [1.82, 2.24) is 4.31 Å². The van der Waals surface area contributed by atoms with E-state index >= 15 is 0 Å². The molecule has 0 aromatic heterocycles. The first-order chi connectivity index (χ1) is 14.2. The van der Waals surface area contributed by atoms with Crippen LogP contribution in [0.4, 0.5) is 10.1 Å². The van der Waals surface area contributed by atoms with Gasteiger partial charge < -0.3 is 10.1 Å². The standard InChI is InChI=1S/C19H17Cl2FN2O5S/c20-13-4-6-15(22)16(10-13)23-18(25)11-29-19(26)12-3-5-14(21)17(9-12)30(27,28)24-7-1-2-8-24/h3-6,9-10H,1-2,7-8,11H2,(H,23,25). The number of hydrogen-bond donors (Lipinski definition) is 1. The second-order valence-corrected chi connectivity index (χ2v) is 9.25. The summed E-state index contributed by atoms with van der Waals surface area (Å²) in [6.07, 6.45) is 1.50. The zero-order valence-electron chi connectivity index (χ0n) is 15.5. The van der Waals surface area contributed by atoms with Crippen molar-refractivity contribution in [2.45, 2.75) is 17.7 Å². The van der Waals surface area contributed by atoms with Crippen LogP contribution in [0, 0.1) is 5.82 Å². The van der Waals surface area contributed by atoms with Gasteiger partial charge in [0.05, 0.1) is 16.3 Å². The summed E-state index contributed by atoms with van der Waals surface area (Å²) in [7, 11) is -3.85. The molecule has 0 spiro atoms. The fraction of sp³-hybridized carbons (Fsp3) is 0.263. The maximum absolute atomic E-state index is 13.7. The Labute approximate surface area is 182 Å². The number of benzene rings is 2. The van der Waals surface area contributed by atoms with Crippen molar-refractivity contribution in [2.75, 3.05) is 25.0 Å². The van der Waals surface area contributed by atoms with E-state index in [1.54, 1.807) is 0 Å². The molecular weight excluding hydrogens is 458 g/mol. The summed E-state index contributed by atoms with van der Waals surface area (Å²) >= 11 is 11.8. The molecule has 0 saturated carbocycles. The first-order valence-corrected chi connectivity index (χ1v) is 11.1. The average Bonchev–Trinajstić information content (AvgIpc) is 3.25. The van der Waals surface area contributed by atoms with Crippen LogP contribution in [0.3, 0.4) is 0 Å². The van der Waals surface area contributed by atoms with Gasteiger partial charge in [0, 0.05) is 18.1 Å². The SMILES string of the molecule is O=C(COC(=O)c1ccc(Cl)c(S(=O)(=O)N2CCCC2)c1)Nc1cc(Cl)ccc1F. The van der Waals surface area contributed by atoms with Gasteiger partial charge in [-0.05, 0) is 49.2 Å². The predicted octanol–water partition coefficient (Wildman–Crippen LogP) is 3.71. The third kappa shape index (κ3) is 5.10. The first kappa shape index (κ1) is 22.5. The third-order valence-corrected chi connectivity index (χ3v) is 7.00. The van der Waals surface area contributed by atoms with Crippen molar-refractivity contribution < 1.29 is 27.1 Å². The zero-order chi connectivity index (χ0) is 21.9. The van der Waals surface area contributed by atoms with Gasteiger partial charge in [-0.2, -0.15) is 4.31 Å². The monoisotopic (exact) mass is 474 g/mol. The van der Waals surface area contributed by atoms with Gasteiger partial charge in [0.15, 0.2) is 6.61 Å². The smallest absolute Gasteiger partial charge is 0.338 e. The Morgan fingerprint density at radius 3 is 2.50 bits per heavy atom. The number of nitrogens with zero attached hydrogens (tertiary/aromatic N) is 1. The molecule has 160 valence electrons. The van der Waals surface area contributed by atoms with Crippen LogP contribution in [-0.4, -0.2) is 44.3 Å². The molecule has 1 N–H and O–H groups in total. The second kappa shape index (κ2) is 9.30. The van der Waals surface area contributed by atoms with Crippen LogP contribution in [0.1, 0.15) is 23.2 Å². The van der Waals surface area contributed by atoms with Crippen molar-refractivity contribution in [3.05, 3.63) is 57.8 Å². The number of rotatable bonds is 6. The van der Waals surface area contributed by atoms with E-state index < -0.39 is 34.3 Å². The molecule has 0 radical (unpaired) electrons. The van der Waals surface area contributed by atoms with E-state index in [-0.39, 0.29) is 26.2 Å². The van der Waals surface area contributed by atoms with Gasteiger partial charge in [0.25, 0.3) is 5.91 Å². The van der Waals surface area contributed by atoms with Crippen LogP contribution in [0.25, 0.3) is 0 Å². The number of ether oxygens (including phenoxy) is 1. The number of nitrogens with one attached hydrogen (secondary N) is 1. The number of hydrogen-bond acceptors (Lipinski definition) is 5. The molecule has 30 heavy (non-hydrogen) atoms. The van der Waals surface area contributed by atoms with Gasteiger partial charge in [0.2, 0.25) is 10.0 Å². The lowest BCUT2D eigenvalue weighted by molar-refractivity contribution is -0.119. The maximum atomic E-state index is 13.7. The Bertz CT molecular complexity index is 1090. The van der Waals surface area contributed by atoms with Gasteiger partial charge in [-0.3, -0.25) is 4.79 Å². The first-order valence-electron chi connectivity index (χ1n) is 8.90. The Balaban J connectivity index is 1.68. The molecule has 11 heteroatoms. The van der Waals surface area contributed by atoms with Gasteiger partial charge in [0.1, 0.15) is 10.7 Å². The van der Waals surface area contributed by atoms with E-state index in [2.05, 4.69) is 5.32 Å². The third-order valence-electron chi connectivity index (χ3n) is 4.39. The lowest BCUT2D eigenvalue weighted by atomic mass is 10.2. The van der Waals surface area contributed by atoms with Crippen LogP contribution in [0.5, 0.6) is 0 Å². The summed E-state index contributed by atoms with van der Waals surface area (Å²) in [5.74, 6) is -2.41. The van der Waals surface area contributed by atoms with Crippen molar-refractivity contribution in [2.24, 2.45) is 0 Å². The molecule has 0 bridgehead atoms. The highest BCUT2D eigenvalue weighted by atomic mass is 35.5. The minimum atomic E-state index is -3.85. The lowest BCUT2D eigenvalue weighted by Crippen LogP contribution is -2.28. The summed E-state index contributed by atoms with van der Waals surface area (Å²) in [5.41, 5.74) is -0.243. The number of carbonyl (C=O) groups excluding carboxylic acids is 2. The second-order valence-electron chi connectivity index (χ2n) is 6.50. The number of halogens is 3. The van der Waals surface area contributed by atoms with E-state index in [9.17, 15) is 22.4 Å². The van der Waals surface area contributed by atoms with Gasteiger partial charge in [-0.25, -0.2) is 17.6 Å². The van der Waals surface area contributed by atoms with E-state index in [0.29, 0.717) is 13.1 Å². The van der Waals surface area contributed by atoms with E-state index in [0.717, 1.165) is 25.0 Å². The predicted molar refractivity (Wildman–Crippen MR) is 110 cm³/mol. The molecule has 3 rings (SSSR count). The van der Waals surface area contributed by atoms with Crippen LogP contribution >= 0.6 is 23.2 Å². The van der Waals surface area contributed by atoms with Crippen LogP contribution < -0.4 is 5.32 Å². The number of sulfonamides is 1. The molecule has 1 aliphatic rings. The van der Waals surface area contributed by atoms with Gasteiger partial charge in [-0.1, -0.05) is 23.2 Å². The molecule has 7 nitrogen and oxygen atoms in total. The Kier molecular flexibility index (Phi) is 6.97. The van der Waals surface area contributed by atoms with Crippen LogP contribution in [-0.2, 0) is 19.6 Å².